The number of carboxylic acids is 1. The number of anilines is 1. The second kappa shape index (κ2) is 5.11. The third-order valence-electron chi connectivity index (χ3n) is 1.66. The molecule has 76 valence electrons. The van der Waals surface area contributed by atoms with Gasteiger partial charge in [-0.1, -0.05) is 6.07 Å². The first-order valence-corrected chi connectivity index (χ1v) is 4.38. The average Bonchev–Trinajstić information content (AvgIpc) is 2.12. The number of ether oxygens (including phenoxy) is 1. The lowest BCUT2D eigenvalue weighted by molar-refractivity contribution is -0.137. The van der Waals surface area contributed by atoms with Gasteiger partial charge < -0.3 is 15.6 Å². The van der Waals surface area contributed by atoms with Crippen molar-refractivity contribution in [3.8, 4) is 5.75 Å². The normalized spacial score (nSPS) is 9.71. The lowest BCUT2D eigenvalue weighted by Crippen LogP contribution is -2.02. The van der Waals surface area contributed by atoms with Crippen molar-refractivity contribution >= 4 is 11.7 Å². The van der Waals surface area contributed by atoms with Gasteiger partial charge in [0, 0.05) is 18.2 Å². The third kappa shape index (κ3) is 3.80. The molecule has 0 bridgehead atoms. The van der Waals surface area contributed by atoms with Gasteiger partial charge in [-0.3, -0.25) is 4.79 Å². The van der Waals surface area contributed by atoms with Gasteiger partial charge >= 0.3 is 5.97 Å². The van der Waals surface area contributed by atoms with E-state index in [1.807, 2.05) is 0 Å². The van der Waals surface area contributed by atoms with Gasteiger partial charge in [-0.2, -0.15) is 0 Å². The highest BCUT2D eigenvalue weighted by molar-refractivity contribution is 5.66. The molecule has 0 radical (unpaired) electrons. The summed E-state index contributed by atoms with van der Waals surface area (Å²) in [6.45, 7) is 0.399. The summed E-state index contributed by atoms with van der Waals surface area (Å²) in [5, 5.41) is 8.38. The molecule has 3 N–H and O–H groups in total. The summed E-state index contributed by atoms with van der Waals surface area (Å²) in [6.07, 6.45) is 0.631. The summed E-state index contributed by atoms with van der Waals surface area (Å²) in [4.78, 5) is 10.2. The molecule has 0 atom stereocenters. The van der Waals surface area contributed by atoms with Crippen molar-refractivity contribution in [2.45, 2.75) is 12.8 Å². The van der Waals surface area contributed by atoms with E-state index in [0.717, 1.165) is 0 Å². The lowest BCUT2D eigenvalue weighted by Gasteiger charge is -2.05. The predicted molar refractivity (Wildman–Crippen MR) is 53.2 cm³/mol. The number of carboxylic acid groups (broad SMARTS) is 1. The highest BCUT2D eigenvalue weighted by Crippen LogP contribution is 2.14. The van der Waals surface area contributed by atoms with Crippen LogP contribution in [0.25, 0.3) is 0 Å². The van der Waals surface area contributed by atoms with Gasteiger partial charge in [0.05, 0.1) is 6.61 Å². The van der Waals surface area contributed by atoms with E-state index in [1.54, 1.807) is 24.3 Å². The van der Waals surface area contributed by atoms with E-state index in [-0.39, 0.29) is 6.42 Å². The van der Waals surface area contributed by atoms with Gasteiger partial charge in [-0.05, 0) is 18.6 Å². The zero-order valence-electron chi connectivity index (χ0n) is 7.77. The summed E-state index contributed by atoms with van der Waals surface area (Å²) in [5.74, 6) is -0.128. The summed E-state index contributed by atoms with van der Waals surface area (Å²) in [5.41, 5.74) is 6.18. The molecule has 1 rings (SSSR count). The highest BCUT2D eigenvalue weighted by atomic mass is 16.5. The fraction of sp³-hybridized carbons (Fsp3) is 0.300. The largest absolute Gasteiger partial charge is 0.494 e. The summed E-state index contributed by atoms with van der Waals surface area (Å²) in [6, 6.07) is 7.06. The number of benzene rings is 1. The van der Waals surface area contributed by atoms with Crippen LogP contribution in [0.5, 0.6) is 5.75 Å². The summed E-state index contributed by atoms with van der Waals surface area (Å²) >= 11 is 0. The second-order valence-electron chi connectivity index (χ2n) is 2.92. The number of aliphatic carboxylic acids is 1. The van der Waals surface area contributed by atoms with Crippen molar-refractivity contribution < 1.29 is 14.6 Å². The molecule has 0 aromatic heterocycles. The first-order chi connectivity index (χ1) is 6.68. The predicted octanol–water partition coefficient (Wildman–Crippen LogP) is 1.51. The van der Waals surface area contributed by atoms with Gasteiger partial charge in [0.15, 0.2) is 0 Å². The molecule has 0 aliphatic heterocycles. The standard InChI is InChI=1S/C10H13NO3/c11-8-3-1-4-9(7-8)14-6-2-5-10(12)13/h1,3-4,7H,2,5-6,11H2,(H,12,13). The Bertz CT molecular complexity index is 312. The molecule has 14 heavy (non-hydrogen) atoms. The Morgan fingerprint density at radius 3 is 2.93 bits per heavy atom. The first kappa shape index (κ1) is 10.4. The van der Waals surface area contributed by atoms with Crippen molar-refractivity contribution in [3.63, 3.8) is 0 Å². The molecule has 1 aromatic rings. The Morgan fingerprint density at radius 2 is 2.29 bits per heavy atom. The molecular weight excluding hydrogens is 182 g/mol. The van der Waals surface area contributed by atoms with E-state index >= 15 is 0 Å². The molecule has 0 amide bonds. The van der Waals surface area contributed by atoms with E-state index in [2.05, 4.69) is 0 Å². The van der Waals surface area contributed by atoms with E-state index in [9.17, 15) is 4.79 Å². The van der Waals surface area contributed by atoms with Gasteiger partial charge in [-0.15, -0.1) is 0 Å². The minimum Gasteiger partial charge on any atom is -0.494 e. The van der Waals surface area contributed by atoms with Crippen molar-refractivity contribution in [2.75, 3.05) is 12.3 Å². The minimum atomic E-state index is -0.804. The average molecular weight is 195 g/mol. The maximum atomic E-state index is 10.2. The topological polar surface area (TPSA) is 72.5 Å². The molecule has 1 aromatic carbocycles. The van der Waals surface area contributed by atoms with Crippen LogP contribution in [0, 0.1) is 0 Å². The summed E-state index contributed by atoms with van der Waals surface area (Å²) in [7, 11) is 0. The molecule has 0 heterocycles. The van der Waals surface area contributed by atoms with Crippen molar-refractivity contribution in [3.05, 3.63) is 24.3 Å². The van der Waals surface area contributed by atoms with Crippen molar-refractivity contribution in [1.29, 1.82) is 0 Å². The lowest BCUT2D eigenvalue weighted by atomic mass is 10.3. The monoisotopic (exact) mass is 195 g/mol. The van der Waals surface area contributed by atoms with E-state index in [0.29, 0.717) is 24.5 Å². The maximum Gasteiger partial charge on any atom is 0.303 e. The molecule has 0 saturated heterocycles. The molecular formula is C10H13NO3. The van der Waals surface area contributed by atoms with Crippen LogP contribution < -0.4 is 10.5 Å². The Morgan fingerprint density at radius 1 is 1.50 bits per heavy atom. The van der Waals surface area contributed by atoms with Crippen LogP contribution in [0.15, 0.2) is 24.3 Å². The Kier molecular flexibility index (Phi) is 3.79. The summed E-state index contributed by atoms with van der Waals surface area (Å²) < 4.78 is 5.29. The van der Waals surface area contributed by atoms with E-state index in [1.165, 1.54) is 0 Å². The number of nitrogens with two attached hydrogens (primary N) is 1. The fourth-order valence-corrected chi connectivity index (χ4v) is 1.02. The third-order valence-corrected chi connectivity index (χ3v) is 1.66. The number of nitrogen functional groups attached to an aromatic ring is 1. The van der Waals surface area contributed by atoms with Gasteiger partial charge in [0.2, 0.25) is 0 Å². The van der Waals surface area contributed by atoms with Crippen LogP contribution in [0.2, 0.25) is 0 Å². The van der Waals surface area contributed by atoms with Crippen LogP contribution in [-0.2, 0) is 4.79 Å². The van der Waals surface area contributed by atoms with Gasteiger partial charge in [0.1, 0.15) is 5.75 Å². The smallest absolute Gasteiger partial charge is 0.303 e. The van der Waals surface area contributed by atoms with Crippen molar-refractivity contribution in [1.82, 2.24) is 0 Å². The van der Waals surface area contributed by atoms with Crippen LogP contribution in [-0.4, -0.2) is 17.7 Å². The molecule has 0 unspecified atom stereocenters. The fourth-order valence-electron chi connectivity index (χ4n) is 1.02. The quantitative estimate of drug-likeness (QED) is 0.551. The number of hydrogen-bond acceptors (Lipinski definition) is 3. The first-order valence-electron chi connectivity index (χ1n) is 4.38. The van der Waals surface area contributed by atoms with Crippen LogP contribution in [0.3, 0.4) is 0 Å². The number of carbonyl (C=O) groups is 1. The van der Waals surface area contributed by atoms with Gasteiger partial charge in [-0.25, -0.2) is 0 Å². The van der Waals surface area contributed by atoms with Crippen molar-refractivity contribution in [2.24, 2.45) is 0 Å². The molecule has 0 fully saturated rings. The maximum absolute atomic E-state index is 10.2. The zero-order valence-corrected chi connectivity index (χ0v) is 7.77. The SMILES string of the molecule is Nc1cccc(OCCCC(=O)O)c1. The van der Waals surface area contributed by atoms with Crippen LogP contribution in [0.4, 0.5) is 5.69 Å². The Hall–Kier alpha value is -1.71. The molecule has 0 saturated carbocycles. The molecule has 0 spiro atoms. The number of rotatable bonds is 5. The molecule has 0 aliphatic carbocycles. The van der Waals surface area contributed by atoms with E-state index in [4.69, 9.17) is 15.6 Å². The Labute approximate surface area is 82.3 Å². The van der Waals surface area contributed by atoms with Crippen LogP contribution in [0.1, 0.15) is 12.8 Å². The second-order valence-corrected chi connectivity index (χ2v) is 2.92. The molecule has 4 heteroatoms. The molecule has 4 nitrogen and oxygen atoms in total. The van der Waals surface area contributed by atoms with Crippen LogP contribution >= 0.6 is 0 Å². The highest BCUT2D eigenvalue weighted by Gasteiger charge is 1.97. The molecule has 0 aliphatic rings. The number of hydrogen-bond donors (Lipinski definition) is 2. The Balaban J connectivity index is 2.28. The van der Waals surface area contributed by atoms with Gasteiger partial charge in [0.25, 0.3) is 0 Å². The van der Waals surface area contributed by atoms with E-state index < -0.39 is 5.97 Å². The minimum absolute atomic E-state index is 0.127. The zero-order chi connectivity index (χ0) is 10.4.